The maximum atomic E-state index is 13.6. The summed E-state index contributed by atoms with van der Waals surface area (Å²) in [6, 6.07) is 14.4. The molecule has 1 aromatic heterocycles. The lowest BCUT2D eigenvalue weighted by Gasteiger charge is -2.35. The van der Waals surface area contributed by atoms with Gasteiger partial charge in [-0.15, -0.1) is 11.8 Å². The summed E-state index contributed by atoms with van der Waals surface area (Å²) in [4.78, 5) is 31.0. The fourth-order valence-corrected chi connectivity index (χ4v) is 5.59. The Hall–Kier alpha value is -4.03. The van der Waals surface area contributed by atoms with Gasteiger partial charge < -0.3 is 25.4 Å². The number of alkyl halides is 3. The number of nitrogens with zero attached hydrogens (tertiary/aromatic N) is 4. The monoisotopic (exact) mass is 565 g/mol. The van der Waals surface area contributed by atoms with Crippen molar-refractivity contribution in [2.45, 2.75) is 11.1 Å². The fourth-order valence-electron chi connectivity index (χ4n) is 4.84. The smallest absolute Gasteiger partial charge is 0.368 e. The zero-order valence-corrected chi connectivity index (χ0v) is 22.4. The van der Waals surface area contributed by atoms with Crippen LogP contribution in [0.25, 0.3) is 11.0 Å². The molecule has 4 aromatic rings. The minimum absolute atomic E-state index is 0.112. The standard InChI is InChI=1S/C28H26F3N7OS/c1-37-9-11-38(12-10-37)24-16-22-21(35-27(36-22)34-20-5-3-2-4-19(20)28(29,30)31)15-18(24)26(39)33-17-6-7-25-23(14-17)32-8-13-40-25/h2-8,14-16H,9-13H2,1H3,(H,33,39)(H2,34,35,36). The van der Waals surface area contributed by atoms with E-state index in [4.69, 9.17) is 0 Å². The molecular weight excluding hydrogens is 539 g/mol. The largest absolute Gasteiger partial charge is 0.418 e. The van der Waals surface area contributed by atoms with Gasteiger partial charge in [0.1, 0.15) is 0 Å². The molecule has 0 aliphatic carbocycles. The summed E-state index contributed by atoms with van der Waals surface area (Å²) < 4.78 is 40.6. The second kappa shape index (κ2) is 10.5. The number of halogens is 3. The number of H-pyrrole nitrogens is 1. The van der Waals surface area contributed by atoms with Crippen LogP contribution in [0.2, 0.25) is 0 Å². The number of aromatic nitrogens is 2. The number of aliphatic imine (C=N–C) groups is 1. The summed E-state index contributed by atoms with van der Waals surface area (Å²) in [6.07, 6.45) is -2.68. The number of hydrogen-bond acceptors (Lipinski definition) is 7. The quantitative estimate of drug-likeness (QED) is 0.270. The van der Waals surface area contributed by atoms with Crippen molar-refractivity contribution in [3.8, 4) is 0 Å². The molecule has 2 aliphatic heterocycles. The van der Waals surface area contributed by atoms with Gasteiger partial charge in [-0.05, 0) is 49.5 Å². The molecule has 2 aliphatic rings. The number of likely N-dealkylation sites (N-methyl/N-ethyl adjacent to an activating group) is 1. The Morgan fingerprint density at radius 2 is 1.85 bits per heavy atom. The van der Waals surface area contributed by atoms with Crippen molar-refractivity contribution < 1.29 is 18.0 Å². The lowest BCUT2D eigenvalue weighted by molar-refractivity contribution is -0.136. The third-order valence-corrected chi connectivity index (χ3v) is 7.91. The number of carbonyl (C=O) groups excluding carboxylic acids is 1. The zero-order chi connectivity index (χ0) is 27.9. The molecule has 0 unspecified atom stereocenters. The van der Waals surface area contributed by atoms with E-state index < -0.39 is 11.7 Å². The number of benzene rings is 3. The van der Waals surface area contributed by atoms with E-state index in [0.29, 0.717) is 22.3 Å². The Bertz CT molecular complexity index is 1610. The number of imidazole rings is 1. The van der Waals surface area contributed by atoms with Crippen LogP contribution in [-0.2, 0) is 6.18 Å². The number of piperazine rings is 1. The van der Waals surface area contributed by atoms with Gasteiger partial charge in [0.05, 0.1) is 39.2 Å². The third kappa shape index (κ3) is 5.36. The Morgan fingerprint density at radius 1 is 1.05 bits per heavy atom. The summed E-state index contributed by atoms with van der Waals surface area (Å²) in [7, 11) is 2.05. The molecule has 1 fully saturated rings. The van der Waals surface area contributed by atoms with Gasteiger partial charge in [0, 0.05) is 48.7 Å². The van der Waals surface area contributed by atoms with Gasteiger partial charge in [0.15, 0.2) is 0 Å². The molecule has 0 bridgehead atoms. The highest BCUT2D eigenvalue weighted by Crippen LogP contribution is 2.37. The second-order valence-corrected chi connectivity index (χ2v) is 10.8. The van der Waals surface area contributed by atoms with Crippen molar-refractivity contribution in [2.75, 3.05) is 54.5 Å². The summed E-state index contributed by atoms with van der Waals surface area (Å²) in [5, 5.41) is 5.77. The second-order valence-electron chi connectivity index (χ2n) is 9.69. The van der Waals surface area contributed by atoms with Gasteiger partial charge >= 0.3 is 6.18 Å². The topological polar surface area (TPSA) is 88.6 Å². The highest BCUT2D eigenvalue weighted by Gasteiger charge is 2.33. The van der Waals surface area contributed by atoms with E-state index in [2.05, 4.69) is 42.4 Å². The lowest BCUT2D eigenvalue weighted by atomic mass is 10.1. The molecule has 0 spiro atoms. The third-order valence-electron chi connectivity index (χ3n) is 6.93. The highest BCUT2D eigenvalue weighted by molar-refractivity contribution is 8.00. The molecule has 8 nitrogen and oxygen atoms in total. The predicted molar refractivity (Wildman–Crippen MR) is 154 cm³/mol. The molecule has 3 heterocycles. The first-order valence-electron chi connectivity index (χ1n) is 12.8. The van der Waals surface area contributed by atoms with E-state index in [9.17, 15) is 18.0 Å². The van der Waals surface area contributed by atoms with Crippen LogP contribution in [0.3, 0.4) is 0 Å². The van der Waals surface area contributed by atoms with Gasteiger partial charge in [0.25, 0.3) is 5.91 Å². The molecule has 0 atom stereocenters. The minimum atomic E-state index is -4.52. The average Bonchev–Trinajstić information content (AvgIpc) is 3.33. The van der Waals surface area contributed by atoms with Crippen molar-refractivity contribution in [1.82, 2.24) is 14.9 Å². The first-order chi connectivity index (χ1) is 19.2. The van der Waals surface area contributed by atoms with Crippen molar-refractivity contribution >= 4 is 63.6 Å². The molecule has 40 heavy (non-hydrogen) atoms. The van der Waals surface area contributed by atoms with E-state index in [-0.39, 0.29) is 17.5 Å². The maximum absolute atomic E-state index is 13.6. The van der Waals surface area contributed by atoms with Crippen molar-refractivity contribution in [3.05, 3.63) is 65.7 Å². The van der Waals surface area contributed by atoms with Gasteiger partial charge in [-0.1, -0.05) is 12.1 Å². The number of hydrogen-bond donors (Lipinski definition) is 3. The van der Waals surface area contributed by atoms with Crippen LogP contribution in [0.1, 0.15) is 15.9 Å². The summed E-state index contributed by atoms with van der Waals surface area (Å²) in [5.74, 6) is 0.670. The molecule has 0 radical (unpaired) electrons. The van der Waals surface area contributed by atoms with E-state index >= 15 is 0 Å². The number of para-hydroxylation sites is 1. The van der Waals surface area contributed by atoms with Crippen LogP contribution in [0.5, 0.6) is 0 Å². The molecular formula is C28H26F3N7OS. The van der Waals surface area contributed by atoms with Gasteiger partial charge in [-0.3, -0.25) is 9.79 Å². The van der Waals surface area contributed by atoms with Crippen LogP contribution in [0.15, 0.2) is 64.5 Å². The Kier molecular flexibility index (Phi) is 6.88. The number of thioether (sulfide) groups is 1. The first-order valence-corrected chi connectivity index (χ1v) is 13.7. The molecule has 6 rings (SSSR count). The molecule has 12 heteroatoms. The van der Waals surface area contributed by atoms with Crippen LogP contribution >= 0.6 is 11.8 Å². The average molecular weight is 566 g/mol. The summed E-state index contributed by atoms with van der Waals surface area (Å²) >= 11 is 1.69. The summed E-state index contributed by atoms with van der Waals surface area (Å²) in [6.45, 7) is 3.12. The molecule has 3 N–H and O–H groups in total. The van der Waals surface area contributed by atoms with E-state index in [1.165, 1.54) is 18.2 Å². The molecule has 1 amide bonds. The lowest BCUT2D eigenvalue weighted by Crippen LogP contribution is -2.45. The van der Waals surface area contributed by atoms with E-state index in [1.807, 2.05) is 30.5 Å². The van der Waals surface area contributed by atoms with E-state index in [0.717, 1.165) is 54.3 Å². The van der Waals surface area contributed by atoms with Gasteiger partial charge in [-0.25, -0.2) is 4.98 Å². The number of fused-ring (bicyclic) bond motifs is 2. The van der Waals surface area contributed by atoms with Crippen molar-refractivity contribution in [2.24, 2.45) is 4.99 Å². The van der Waals surface area contributed by atoms with Crippen LogP contribution < -0.4 is 15.5 Å². The van der Waals surface area contributed by atoms with Gasteiger partial charge in [-0.2, -0.15) is 13.2 Å². The van der Waals surface area contributed by atoms with E-state index in [1.54, 1.807) is 17.8 Å². The highest BCUT2D eigenvalue weighted by atomic mass is 32.2. The SMILES string of the molecule is CN1CCN(c2cc3nc(Nc4ccccc4C(F)(F)F)[nH]c3cc2C(=O)Nc2ccc3c(c2)N=CCS3)CC1. The summed E-state index contributed by atoms with van der Waals surface area (Å²) in [5.41, 5.74) is 2.77. The Labute approximate surface area is 232 Å². The van der Waals surface area contributed by atoms with Crippen LogP contribution in [0.4, 0.5) is 41.9 Å². The number of nitrogens with one attached hydrogen (secondary N) is 3. The maximum Gasteiger partial charge on any atom is 0.418 e. The van der Waals surface area contributed by atoms with Crippen LogP contribution in [0, 0.1) is 0 Å². The Morgan fingerprint density at radius 3 is 2.65 bits per heavy atom. The molecule has 3 aromatic carbocycles. The number of anilines is 4. The number of aromatic amines is 1. The van der Waals surface area contributed by atoms with Crippen LogP contribution in [-0.4, -0.2) is 66.0 Å². The van der Waals surface area contributed by atoms with Crippen molar-refractivity contribution in [1.29, 1.82) is 0 Å². The predicted octanol–water partition coefficient (Wildman–Crippen LogP) is 6.14. The number of rotatable bonds is 5. The Balaban J connectivity index is 1.35. The molecule has 206 valence electrons. The minimum Gasteiger partial charge on any atom is -0.368 e. The zero-order valence-electron chi connectivity index (χ0n) is 21.5. The van der Waals surface area contributed by atoms with Gasteiger partial charge in [0.2, 0.25) is 5.95 Å². The normalized spacial score (nSPS) is 15.8. The number of carbonyl (C=O) groups is 1. The fraction of sp³-hybridized carbons (Fsp3) is 0.250. The first kappa shape index (κ1) is 26.2. The molecule has 1 saturated heterocycles. The molecule has 0 saturated carbocycles. The van der Waals surface area contributed by atoms with Crippen molar-refractivity contribution in [3.63, 3.8) is 0 Å². The number of amides is 1.